The van der Waals surface area contributed by atoms with Crippen LogP contribution in [0.25, 0.3) is 0 Å². The lowest BCUT2D eigenvalue weighted by Gasteiger charge is -2.22. The first-order valence-corrected chi connectivity index (χ1v) is 5.76. The molecule has 0 aromatic rings. The van der Waals surface area contributed by atoms with Crippen molar-refractivity contribution in [3.8, 4) is 11.8 Å². The molecule has 0 aliphatic rings. The van der Waals surface area contributed by atoms with Crippen LogP contribution < -0.4 is 0 Å². The summed E-state index contributed by atoms with van der Waals surface area (Å²) in [6.07, 6.45) is 1.71. The monoisotopic (exact) mass is 236 g/mol. The minimum Gasteiger partial charge on any atom is -0.359 e. The van der Waals surface area contributed by atoms with E-state index in [1.807, 2.05) is 34.6 Å². The summed E-state index contributed by atoms with van der Waals surface area (Å²) < 4.78 is 11.2. The van der Waals surface area contributed by atoms with Crippen LogP contribution in [0.15, 0.2) is 24.8 Å². The van der Waals surface area contributed by atoms with E-state index in [0.717, 1.165) is 5.57 Å². The highest BCUT2D eigenvalue weighted by Crippen LogP contribution is 2.12. The Bertz CT molecular complexity index is 327. The lowest BCUT2D eigenvalue weighted by Crippen LogP contribution is -2.27. The first-order chi connectivity index (χ1) is 7.68. The van der Waals surface area contributed by atoms with Crippen LogP contribution in [0, 0.1) is 11.8 Å². The summed E-state index contributed by atoms with van der Waals surface area (Å²) in [6, 6.07) is 0. The van der Waals surface area contributed by atoms with Crippen molar-refractivity contribution in [3.05, 3.63) is 24.8 Å². The van der Waals surface area contributed by atoms with Gasteiger partial charge in [0.05, 0.1) is 13.2 Å². The molecule has 2 nitrogen and oxygen atoms in total. The van der Waals surface area contributed by atoms with Gasteiger partial charge in [0, 0.05) is 0 Å². The van der Waals surface area contributed by atoms with Gasteiger partial charge in [0.2, 0.25) is 0 Å². The molecule has 0 radical (unpaired) electrons. The van der Waals surface area contributed by atoms with Crippen molar-refractivity contribution < 1.29 is 9.47 Å². The van der Waals surface area contributed by atoms with Gasteiger partial charge in [-0.15, -0.1) is 6.58 Å². The van der Waals surface area contributed by atoms with Gasteiger partial charge in [-0.2, -0.15) is 0 Å². The number of rotatable bonds is 6. The molecule has 0 aliphatic carbocycles. The minimum absolute atomic E-state index is 0.488. The Labute approximate surface area is 106 Å². The summed E-state index contributed by atoms with van der Waals surface area (Å²) in [5.41, 5.74) is 0.00765. The van der Waals surface area contributed by atoms with E-state index in [1.165, 1.54) is 0 Å². The second-order valence-corrected chi connectivity index (χ2v) is 5.12. The van der Waals surface area contributed by atoms with Crippen molar-refractivity contribution >= 4 is 0 Å². The van der Waals surface area contributed by atoms with E-state index in [1.54, 1.807) is 6.08 Å². The van der Waals surface area contributed by atoms with Crippen LogP contribution in [0.2, 0.25) is 0 Å². The Morgan fingerprint density at radius 3 is 2.00 bits per heavy atom. The van der Waals surface area contributed by atoms with E-state index in [-0.39, 0.29) is 0 Å². The van der Waals surface area contributed by atoms with Crippen molar-refractivity contribution in [2.24, 2.45) is 0 Å². The molecule has 0 aliphatic heterocycles. The van der Waals surface area contributed by atoms with Gasteiger partial charge in [-0.25, -0.2) is 0 Å². The van der Waals surface area contributed by atoms with Crippen molar-refractivity contribution in [3.63, 3.8) is 0 Å². The highest BCUT2D eigenvalue weighted by atomic mass is 16.5. The largest absolute Gasteiger partial charge is 0.359 e. The highest BCUT2D eigenvalue weighted by molar-refractivity contribution is 5.18. The topological polar surface area (TPSA) is 18.5 Å². The van der Waals surface area contributed by atoms with Crippen molar-refractivity contribution in [2.75, 3.05) is 13.2 Å². The Balaban J connectivity index is 4.47. The highest BCUT2D eigenvalue weighted by Gasteiger charge is 2.18. The Kier molecular flexibility index (Phi) is 6.23. The van der Waals surface area contributed by atoms with Crippen LogP contribution in [-0.4, -0.2) is 24.4 Å². The number of hydrogen-bond acceptors (Lipinski definition) is 2. The number of ether oxygens (including phenoxy) is 2. The second-order valence-electron chi connectivity index (χ2n) is 5.12. The molecule has 0 amide bonds. The molecule has 0 saturated carbocycles. The van der Waals surface area contributed by atoms with Gasteiger partial charge in [-0.05, 0) is 34.6 Å². The van der Waals surface area contributed by atoms with E-state index in [4.69, 9.17) is 9.47 Å². The molecule has 0 unspecified atom stereocenters. The van der Waals surface area contributed by atoms with Gasteiger partial charge in [-0.1, -0.05) is 30.1 Å². The van der Waals surface area contributed by atoms with Crippen LogP contribution in [-0.2, 0) is 9.47 Å². The van der Waals surface area contributed by atoms with Crippen molar-refractivity contribution in [1.29, 1.82) is 0 Å². The van der Waals surface area contributed by atoms with Gasteiger partial charge >= 0.3 is 0 Å². The van der Waals surface area contributed by atoms with Crippen LogP contribution in [0.3, 0.4) is 0 Å². The SMILES string of the molecule is C=CCOC(C)(C)C#CC(C)(C)OCC(=C)C. The summed E-state index contributed by atoms with van der Waals surface area (Å²) in [5.74, 6) is 6.17. The second kappa shape index (κ2) is 6.64. The molecule has 0 saturated heterocycles. The summed E-state index contributed by atoms with van der Waals surface area (Å²) in [4.78, 5) is 0. The Morgan fingerprint density at radius 2 is 1.59 bits per heavy atom. The zero-order valence-corrected chi connectivity index (χ0v) is 11.7. The predicted molar refractivity (Wildman–Crippen MR) is 72.8 cm³/mol. The molecule has 0 N–H and O–H groups in total. The molecule has 0 atom stereocenters. The Morgan fingerprint density at radius 1 is 1.12 bits per heavy atom. The smallest absolute Gasteiger partial charge is 0.123 e. The maximum Gasteiger partial charge on any atom is 0.123 e. The first kappa shape index (κ1) is 16.0. The molecule has 0 heterocycles. The van der Waals surface area contributed by atoms with Crippen molar-refractivity contribution in [1.82, 2.24) is 0 Å². The van der Waals surface area contributed by atoms with Gasteiger partial charge in [0.15, 0.2) is 0 Å². The standard InChI is InChI=1S/C15H24O2/c1-8-11-16-14(4,5)9-10-15(6,7)17-12-13(2)3/h8H,1-2,11-12H2,3-7H3. The van der Waals surface area contributed by atoms with Gasteiger partial charge in [-0.3, -0.25) is 0 Å². The third-order valence-corrected chi connectivity index (χ3v) is 1.91. The van der Waals surface area contributed by atoms with E-state index >= 15 is 0 Å². The van der Waals surface area contributed by atoms with E-state index in [2.05, 4.69) is 25.0 Å². The lowest BCUT2D eigenvalue weighted by atomic mass is 10.1. The molecular formula is C15H24O2. The molecule has 2 heteroatoms. The molecule has 0 spiro atoms. The van der Waals surface area contributed by atoms with E-state index in [0.29, 0.717) is 13.2 Å². The summed E-state index contributed by atoms with van der Waals surface area (Å²) in [7, 11) is 0. The quantitative estimate of drug-likeness (QED) is 0.520. The van der Waals surface area contributed by atoms with E-state index in [9.17, 15) is 0 Å². The van der Waals surface area contributed by atoms with Gasteiger partial charge in [0.1, 0.15) is 11.2 Å². The number of hydrogen-bond donors (Lipinski definition) is 0. The average molecular weight is 236 g/mol. The molecule has 0 aromatic heterocycles. The van der Waals surface area contributed by atoms with E-state index < -0.39 is 11.2 Å². The van der Waals surface area contributed by atoms with Crippen LogP contribution >= 0.6 is 0 Å². The maximum absolute atomic E-state index is 5.64. The summed E-state index contributed by atoms with van der Waals surface area (Å²) in [5, 5.41) is 0. The zero-order chi connectivity index (χ0) is 13.5. The molecule has 0 aromatic carbocycles. The van der Waals surface area contributed by atoms with Crippen molar-refractivity contribution in [2.45, 2.75) is 45.8 Å². The van der Waals surface area contributed by atoms with Gasteiger partial charge in [0.25, 0.3) is 0 Å². The summed E-state index contributed by atoms with van der Waals surface area (Å²) in [6.45, 7) is 18.1. The van der Waals surface area contributed by atoms with Crippen LogP contribution in [0.1, 0.15) is 34.6 Å². The molecule has 0 rings (SSSR count). The fourth-order valence-corrected chi connectivity index (χ4v) is 0.944. The lowest BCUT2D eigenvalue weighted by molar-refractivity contribution is 0.0356. The molecule has 17 heavy (non-hydrogen) atoms. The fraction of sp³-hybridized carbons (Fsp3) is 0.600. The molecule has 0 bridgehead atoms. The predicted octanol–water partition coefficient (Wildman–Crippen LogP) is 3.34. The minimum atomic E-state index is -0.492. The molecule has 96 valence electrons. The van der Waals surface area contributed by atoms with Crippen LogP contribution in [0.5, 0.6) is 0 Å². The summed E-state index contributed by atoms with van der Waals surface area (Å²) >= 11 is 0. The molecule has 0 fully saturated rings. The van der Waals surface area contributed by atoms with Gasteiger partial charge < -0.3 is 9.47 Å². The maximum atomic E-state index is 5.64. The molecular weight excluding hydrogens is 212 g/mol. The van der Waals surface area contributed by atoms with Crippen LogP contribution in [0.4, 0.5) is 0 Å². The fourth-order valence-electron chi connectivity index (χ4n) is 0.944. The average Bonchev–Trinajstić information content (AvgIpc) is 2.22. The Hall–Kier alpha value is -1.04. The third-order valence-electron chi connectivity index (χ3n) is 1.91. The third kappa shape index (κ3) is 8.74. The first-order valence-electron chi connectivity index (χ1n) is 5.76. The zero-order valence-electron chi connectivity index (χ0n) is 11.7. The normalized spacial score (nSPS) is 11.6.